The van der Waals surface area contributed by atoms with Gasteiger partial charge in [-0.25, -0.2) is 0 Å². The summed E-state index contributed by atoms with van der Waals surface area (Å²) >= 11 is 0. The highest BCUT2D eigenvalue weighted by Gasteiger charge is 2.20. The minimum atomic E-state index is -1.11. The van der Waals surface area contributed by atoms with Crippen LogP contribution in [0.5, 0.6) is 5.75 Å². The monoisotopic (exact) mass is 298 g/mol. The quantitative estimate of drug-likeness (QED) is 0.636. The SMILES string of the molecule is O=C(O)Cn1c(CO)cc(=O)c(O)c1CN1CCOCC1. The van der Waals surface area contributed by atoms with Crippen molar-refractivity contribution in [3.8, 4) is 5.75 Å². The van der Waals surface area contributed by atoms with E-state index in [1.54, 1.807) is 0 Å². The van der Waals surface area contributed by atoms with Crippen molar-refractivity contribution in [2.75, 3.05) is 26.3 Å². The second-order valence-corrected chi connectivity index (χ2v) is 4.82. The Labute approximate surface area is 120 Å². The van der Waals surface area contributed by atoms with Crippen LogP contribution in [0, 0.1) is 0 Å². The van der Waals surface area contributed by atoms with Gasteiger partial charge in [-0.2, -0.15) is 0 Å². The van der Waals surface area contributed by atoms with E-state index < -0.39 is 30.3 Å². The number of aliphatic carboxylic acids is 1. The predicted octanol–water partition coefficient (Wildman–Crippen LogP) is -1.04. The molecule has 21 heavy (non-hydrogen) atoms. The van der Waals surface area contributed by atoms with Crippen molar-refractivity contribution in [1.29, 1.82) is 0 Å². The first-order valence-corrected chi connectivity index (χ1v) is 6.60. The van der Waals surface area contributed by atoms with E-state index in [0.717, 1.165) is 6.07 Å². The van der Waals surface area contributed by atoms with E-state index in [2.05, 4.69) is 0 Å². The molecule has 0 aromatic carbocycles. The molecule has 1 saturated heterocycles. The minimum absolute atomic E-state index is 0.170. The van der Waals surface area contributed by atoms with Crippen LogP contribution in [0.3, 0.4) is 0 Å². The van der Waals surface area contributed by atoms with Gasteiger partial charge in [-0.15, -0.1) is 0 Å². The van der Waals surface area contributed by atoms with Gasteiger partial charge in [0.25, 0.3) is 0 Å². The van der Waals surface area contributed by atoms with Gasteiger partial charge in [-0.05, 0) is 0 Å². The van der Waals surface area contributed by atoms with Crippen LogP contribution >= 0.6 is 0 Å². The summed E-state index contributed by atoms with van der Waals surface area (Å²) < 4.78 is 6.50. The maximum absolute atomic E-state index is 11.7. The summed E-state index contributed by atoms with van der Waals surface area (Å²) in [6, 6.07) is 1.06. The molecule has 116 valence electrons. The molecule has 1 fully saturated rings. The minimum Gasteiger partial charge on any atom is -0.503 e. The number of aliphatic hydroxyl groups excluding tert-OH is 1. The normalized spacial score (nSPS) is 16.0. The number of rotatable bonds is 5. The summed E-state index contributed by atoms with van der Waals surface area (Å²) in [6.45, 7) is 1.68. The van der Waals surface area contributed by atoms with E-state index in [1.807, 2.05) is 4.90 Å². The lowest BCUT2D eigenvalue weighted by atomic mass is 10.2. The molecule has 8 heteroatoms. The van der Waals surface area contributed by atoms with Crippen molar-refractivity contribution in [2.24, 2.45) is 0 Å². The number of hydrogen-bond acceptors (Lipinski definition) is 6. The molecule has 0 aliphatic carbocycles. The Bertz CT molecular complexity index is 577. The highest BCUT2D eigenvalue weighted by atomic mass is 16.5. The van der Waals surface area contributed by atoms with E-state index in [-0.39, 0.29) is 17.9 Å². The Morgan fingerprint density at radius 1 is 1.33 bits per heavy atom. The molecule has 0 spiro atoms. The zero-order valence-corrected chi connectivity index (χ0v) is 11.5. The Balaban J connectivity index is 2.41. The van der Waals surface area contributed by atoms with Gasteiger partial charge in [0, 0.05) is 31.4 Å². The number of carbonyl (C=O) groups is 1. The summed E-state index contributed by atoms with van der Waals surface area (Å²) in [4.78, 5) is 24.7. The Morgan fingerprint density at radius 2 is 2.00 bits per heavy atom. The highest BCUT2D eigenvalue weighted by Crippen LogP contribution is 2.18. The first-order valence-electron chi connectivity index (χ1n) is 6.60. The summed E-state index contributed by atoms with van der Waals surface area (Å²) in [7, 11) is 0. The van der Waals surface area contributed by atoms with Crippen LogP contribution in [-0.2, 0) is 29.2 Å². The van der Waals surface area contributed by atoms with Gasteiger partial charge < -0.3 is 24.6 Å². The molecule has 1 aliphatic heterocycles. The highest BCUT2D eigenvalue weighted by molar-refractivity contribution is 5.67. The van der Waals surface area contributed by atoms with Gasteiger partial charge in [0.1, 0.15) is 6.54 Å². The lowest BCUT2D eigenvalue weighted by Gasteiger charge is -2.28. The number of nitrogens with zero attached hydrogens (tertiary/aromatic N) is 2. The largest absolute Gasteiger partial charge is 0.503 e. The van der Waals surface area contributed by atoms with E-state index in [4.69, 9.17) is 9.84 Å². The third-order valence-electron chi connectivity index (χ3n) is 3.41. The van der Waals surface area contributed by atoms with Crippen LogP contribution in [-0.4, -0.2) is 57.1 Å². The molecular weight excluding hydrogens is 280 g/mol. The summed E-state index contributed by atoms with van der Waals surface area (Å²) in [5.41, 5.74) is -0.247. The molecule has 2 heterocycles. The smallest absolute Gasteiger partial charge is 0.323 e. The molecule has 0 amide bonds. The summed E-state index contributed by atoms with van der Waals surface area (Å²) in [5.74, 6) is -1.59. The van der Waals surface area contributed by atoms with Gasteiger partial charge in [0.05, 0.1) is 25.5 Å². The van der Waals surface area contributed by atoms with Crippen molar-refractivity contribution in [1.82, 2.24) is 9.47 Å². The van der Waals surface area contributed by atoms with Crippen molar-refractivity contribution in [2.45, 2.75) is 19.7 Å². The first kappa shape index (κ1) is 15.5. The zero-order chi connectivity index (χ0) is 15.4. The standard InChI is InChI=1S/C13H18N2O6/c16-8-9-5-11(17)13(20)10(15(9)7-12(18)19)6-14-1-3-21-4-2-14/h5,16,20H,1-4,6-8H2,(H,18,19). The van der Waals surface area contributed by atoms with Gasteiger partial charge >= 0.3 is 5.97 Å². The second kappa shape index (κ2) is 6.70. The fraction of sp³-hybridized carbons (Fsp3) is 0.538. The number of pyridine rings is 1. The number of carboxylic acids is 1. The van der Waals surface area contributed by atoms with Crippen LogP contribution < -0.4 is 5.43 Å². The number of aromatic hydroxyl groups is 1. The van der Waals surface area contributed by atoms with E-state index in [1.165, 1.54) is 4.57 Å². The summed E-state index contributed by atoms with van der Waals surface area (Å²) in [5, 5.41) is 28.3. The molecule has 1 aliphatic rings. The fourth-order valence-corrected chi connectivity index (χ4v) is 2.34. The molecule has 1 aromatic rings. The Morgan fingerprint density at radius 3 is 2.57 bits per heavy atom. The van der Waals surface area contributed by atoms with Crippen LogP contribution in [0.2, 0.25) is 0 Å². The van der Waals surface area contributed by atoms with Crippen LogP contribution in [0.15, 0.2) is 10.9 Å². The average molecular weight is 298 g/mol. The number of ether oxygens (including phenoxy) is 1. The molecule has 1 aromatic heterocycles. The number of hydrogen-bond donors (Lipinski definition) is 3. The molecule has 0 radical (unpaired) electrons. The second-order valence-electron chi connectivity index (χ2n) is 4.82. The van der Waals surface area contributed by atoms with Crippen molar-refractivity contribution in [3.05, 3.63) is 27.7 Å². The third kappa shape index (κ3) is 3.60. The van der Waals surface area contributed by atoms with Gasteiger partial charge in [-0.1, -0.05) is 0 Å². The van der Waals surface area contributed by atoms with E-state index in [0.29, 0.717) is 26.3 Å². The summed E-state index contributed by atoms with van der Waals surface area (Å²) in [6.07, 6.45) is 0. The predicted molar refractivity (Wildman–Crippen MR) is 72.0 cm³/mol. The third-order valence-corrected chi connectivity index (χ3v) is 3.41. The molecule has 2 rings (SSSR count). The van der Waals surface area contributed by atoms with Gasteiger partial charge in [0.2, 0.25) is 5.43 Å². The fourth-order valence-electron chi connectivity index (χ4n) is 2.34. The zero-order valence-electron chi connectivity index (χ0n) is 11.5. The maximum Gasteiger partial charge on any atom is 0.323 e. The Kier molecular flexibility index (Phi) is 4.94. The number of aliphatic hydroxyl groups is 1. The number of carboxylic acid groups (broad SMARTS) is 1. The molecular formula is C13H18N2O6. The van der Waals surface area contributed by atoms with Gasteiger partial charge in [-0.3, -0.25) is 14.5 Å². The van der Waals surface area contributed by atoms with Crippen molar-refractivity contribution >= 4 is 5.97 Å². The molecule has 3 N–H and O–H groups in total. The van der Waals surface area contributed by atoms with Crippen LogP contribution in [0.1, 0.15) is 11.4 Å². The lowest BCUT2D eigenvalue weighted by Crippen LogP contribution is -2.37. The lowest BCUT2D eigenvalue weighted by molar-refractivity contribution is -0.137. The number of morpholine rings is 1. The van der Waals surface area contributed by atoms with E-state index >= 15 is 0 Å². The van der Waals surface area contributed by atoms with Crippen LogP contribution in [0.4, 0.5) is 0 Å². The molecule has 0 unspecified atom stereocenters. The van der Waals surface area contributed by atoms with Crippen LogP contribution in [0.25, 0.3) is 0 Å². The molecule has 8 nitrogen and oxygen atoms in total. The molecule has 0 atom stereocenters. The Hall–Kier alpha value is -1.90. The van der Waals surface area contributed by atoms with Crippen molar-refractivity contribution < 1.29 is 24.9 Å². The number of aromatic nitrogens is 1. The van der Waals surface area contributed by atoms with Crippen molar-refractivity contribution in [3.63, 3.8) is 0 Å². The van der Waals surface area contributed by atoms with E-state index in [9.17, 15) is 19.8 Å². The average Bonchev–Trinajstić information content (AvgIpc) is 2.47. The molecule has 0 bridgehead atoms. The molecule has 0 saturated carbocycles. The maximum atomic E-state index is 11.7. The topological polar surface area (TPSA) is 112 Å². The first-order chi connectivity index (χ1) is 10.0. The van der Waals surface area contributed by atoms with Gasteiger partial charge in [0.15, 0.2) is 5.75 Å².